The van der Waals surface area contributed by atoms with Crippen molar-refractivity contribution in [2.75, 3.05) is 18.6 Å². The highest BCUT2D eigenvalue weighted by Crippen LogP contribution is 2.27. The van der Waals surface area contributed by atoms with E-state index in [1.807, 2.05) is 42.9 Å². The van der Waals surface area contributed by atoms with Crippen molar-refractivity contribution < 1.29 is 8.42 Å². The zero-order chi connectivity index (χ0) is 18.2. The van der Waals surface area contributed by atoms with Gasteiger partial charge in [-0.05, 0) is 43.4 Å². The molecule has 9 heteroatoms. The molecule has 1 aromatic carbocycles. The second-order valence-electron chi connectivity index (χ2n) is 6.58. The normalized spacial score (nSPS) is 19.6. The van der Waals surface area contributed by atoms with Gasteiger partial charge in [-0.15, -0.1) is 0 Å². The molecule has 0 N–H and O–H groups in total. The van der Waals surface area contributed by atoms with Crippen molar-refractivity contribution in [1.82, 2.24) is 19.2 Å². The number of hydrogen-bond donors (Lipinski definition) is 0. The van der Waals surface area contributed by atoms with Gasteiger partial charge in [-0.1, -0.05) is 23.7 Å². The second-order valence-corrected chi connectivity index (χ2v) is 9.61. The van der Waals surface area contributed by atoms with E-state index in [9.17, 15) is 8.42 Å². The largest absolute Gasteiger partial charge is 0.307 e. The number of nitrogens with zero attached hydrogens (tertiary/aromatic N) is 4. The zero-order valence-corrected chi connectivity index (χ0v) is 16.6. The van der Waals surface area contributed by atoms with Crippen LogP contribution < -0.4 is 0 Å². The van der Waals surface area contributed by atoms with Gasteiger partial charge in [0.15, 0.2) is 14.6 Å². The summed E-state index contributed by atoms with van der Waals surface area (Å²) < 4.78 is 27.7. The van der Waals surface area contributed by atoms with Crippen LogP contribution in [0.1, 0.15) is 23.7 Å². The van der Waals surface area contributed by atoms with Crippen LogP contribution in [0.4, 0.5) is 0 Å². The second kappa shape index (κ2) is 7.19. The van der Waals surface area contributed by atoms with Gasteiger partial charge in [0.2, 0.25) is 0 Å². The highest BCUT2D eigenvalue weighted by molar-refractivity contribution is 7.91. The Morgan fingerprint density at radius 3 is 2.64 bits per heavy atom. The summed E-state index contributed by atoms with van der Waals surface area (Å²) in [4.78, 5) is 2.10. The fourth-order valence-electron chi connectivity index (χ4n) is 3.13. The van der Waals surface area contributed by atoms with Gasteiger partial charge in [-0.2, -0.15) is 5.10 Å². The highest BCUT2D eigenvalue weighted by atomic mass is 35.5. The Labute approximate surface area is 157 Å². The Balaban J connectivity index is 1.73. The van der Waals surface area contributed by atoms with E-state index in [0.29, 0.717) is 17.9 Å². The molecular weight excluding hydrogens is 380 g/mol. The summed E-state index contributed by atoms with van der Waals surface area (Å²) in [6.45, 7) is 1.28. The van der Waals surface area contributed by atoms with E-state index in [-0.39, 0.29) is 17.4 Å². The SMILES string of the molecule is CN(Cc1ccc(Cl)cc1)Cn1nc([C@H]2CCS(=O)(=O)C2)n(C)c1=S. The molecule has 1 atom stereocenters. The van der Waals surface area contributed by atoms with Crippen molar-refractivity contribution >= 4 is 33.7 Å². The molecular formula is C16H21ClN4O2S2. The molecule has 0 unspecified atom stereocenters. The van der Waals surface area contributed by atoms with Crippen LogP contribution in [-0.2, 0) is 30.1 Å². The molecule has 136 valence electrons. The van der Waals surface area contributed by atoms with Crippen LogP contribution >= 0.6 is 23.8 Å². The Bertz CT molecular complexity index is 919. The molecule has 1 aliphatic rings. The first kappa shape index (κ1) is 18.6. The van der Waals surface area contributed by atoms with Crippen LogP contribution in [0.5, 0.6) is 0 Å². The van der Waals surface area contributed by atoms with E-state index in [0.717, 1.165) is 23.0 Å². The van der Waals surface area contributed by atoms with Gasteiger partial charge < -0.3 is 4.57 Å². The summed E-state index contributed by atoms with van der Waals surface area (Å²) in [6, 6.07) is 7.72. The monoisotopic (exact) mass is 400 g/mol. The lowest BCUT2D eigenvalue weighted by atomic mass is 10.1. The van der Waals surface area contributed by atoms with Gasteiger partial charge in [-0.3, -0.25) is 4.90 Å². The van der Waals surface area contributed by atoms with Crippen molar-refractivity contribution in [3.63, 3.8) is 0 Å². The third kappa shape index (κ3) is 4.31. The Morgan fingerprint density at radius 1 is 1.36 bits per heavy atom. The minimum atomic E-state index is -2.95. The third-order valence-electron chi connectivity index (χ3n) is 4.41. The number of rotatable bonds is 5. The molecule has 3 rings (SSSR count). The topological polar surface area (TPSA) is 60.1 Å². The lowest BCUT2D eigenvalue weighted by molar-refractivity contribution is 0.243. The van der Waals surface area contributed by atoms with Gasteiger partial charge >= 0.3 is 0 Å². The summed E-state index contributed by atoms with van der Waals surface area (Å²) >= 11 is 11.4. The van der Waals surface area contributed by atoms with Gasteiger partial charge in [-0.25, -0.2) is 13.1 Å². The van der Waals surface area contributed by atoms with Gasteiger partial charge in [0, 0.05) is 24.5 Å². The summed E-state index contributed by atoms with van der Waals surface area (Å²) in [5, 5.41) is 5.32. The molecule has 0 radical (unpaired) electrons. The molecule has 2 heterocycles. The number of benzene rings is 1. The van der Waals surface area contributed by atoms with Crippen LogP contribution in [0.2, 0.25) is 5.02 Å². The van der Waals surface area contributed by atoms with Gasteiger partial charge in [0.25, 0.3) is 0 Å². The van der Waals surface area contributed by atoms with Crippen LogP contribution in [0, 0.1) is 4.77 Å². The van der Waals surface area contributed by atoms with Crippen molar-refractivity contribution in [2.24, 2.45) is 7.05 Å². The maximum atomic E-state index is 11.7. The first-order valence-corrected chi connectivity index (χ1v) is 10.6. The molecule has 1 aromatic heterocycles. The number of hydrogen-bond acceptors (Lipinski definition) is 5. The standard InChI is InChI=1S/C16H21ClN4O2S2/c1-19(9-12-3-5-14(17)6-4-12)11-21-16(24)20(2)15(18-21)13-7-8-25(22,23)10-13/h3-6,13H,7-11H2,1-2H3/t13-/m0/s1. The molecule has 25 heavy (non-hydrogen) atoms. The summed E-state index contributed by atoms with van der Waals surface area (Å²) in [5.41, 5.74) is 1.15. The smallest absolute Gasteiger partial charge is 0.198 e. The van der Waals surface area contributed by atoms with Gasteiger partial charge in [0.05, 0.1) is 18.2 Å². The minimum absolute atomic E-state index is 0.0699. The van der Waals surface area contributed by atoms with E-state index in [2.05, 4.69) is 10.00 Å². The minimum Gasteiger partial charge on any atom is -0.307 e. The van der Waals surface area contributed by atoms with Crippen molar-refractivity contribution in [3.05, 3.63) is 45.4 Å². The summed E-state index contributed by atoms with van der Waals surface area (Å²) in [6.07, 6.45) is 0.614. The van der Waals surface area contributed by atoms with E-state index in [1.165, 1.54) is 0 Å². The molecule has 1 fully saturated rings. The van der Waals surface area contributed by atoms with E-state index >= 15 is 0 Å². The average Bonchev–Trinajstić information content (AvgIpc) is 3.04. The number of aromatic nitrogens is 3. The van der Waals surface area contributed by atoms with Crippen LogP contribution in [0.3, 0.4) is 0 Å². The maximum Gasteiger partial charge on any atom is 0.198 e. The number of sulfone groups is 1. The van der Waals surface area contributed by atoms with Crippen molar-refractivity contribution in [3.8, 4) is 0 Å². The quantitative estimate of drug-likeness (QED) is 0.722. The predicted octanol–water partition coefficient (Wildman–Crippen LogP) is 2.60. The lowest BCUT2D eigenvalue weighted by Crippen LogP contribution is -2.22. The Hall–Kier alpha value is -1.22. The molecule has 6 nitrogen and oxygen atoms in total. The third-order valence-corrected chi connectivity index (χ3v) is 6.92. The van der Waals surface area contributed by atoms with E-state index in [4.69, 9.17) is 23.8 Å². The molecule has 0 bridgehead atoms. The first-order chi connectivity index (χ1) is 11.7. The highest BCUT2D eigenvalue weighted by Gasteiger charge is 2.32. The fraction of sp³-hybridized carbons (Fsp3) is 0.500. The van der Waals surface area contributed by atoms with Gasteiger partial charge in [0.1, 0.15) is 5.82 Å². The van der Waals surface area contributed by atoms with E-state index < -0.39 is 9.84 Å². The molecule has 1 aliphatic heterocycles. The Morgan fingerprint density at radius 2 is 2.04 bits per heavy atom. The molecule has 0 aliphatic carbocycles. The first-order valence-electron chi connectivity index (χ1n) is 8.02. The zero-order valence-electron chi connectivity index (χ0n) is 14.2. The fourth-order valence-corrected chi connectivity index (χ4v) is 5.19. The molecule has 0 amide bonds. The van der Waals surface area contributed by atoms with E-state index in [1.54, 1.807) is 4.68 Å². The molecule has 0 spiro atoms. The molecule has 1 saturated heterocycles. The van der Waals surface area contributed by atoms with Crippen molar-refractivity contribution in [2.45, 2.75) is 25.6 Å². The number of halogens is 1. The molecule has 2 aromatic rings. The van der Waals surface area contributed by atoms with Crippen LogP contribution in [0.25, 0.3) is 0 Å². The average molecular weight is 401 g/mol. The predicted molar refractivity (Wildman–Crippen MR) is 101 cm³/mol. The molecule has 0 saturated carbocycles. The Kier molecular flexibility index (Phi) is 5.34. The van der Waals surface area contributed by atoms with Crippen LogP contribution in [0.15, 0.2) is 24.3 Å². The maximum absolute atomic E-state index is 11.7. The van der Waals surface area contributed by atoms with Crippen LogP contribution in [-0.4, -0.2) is 46.2 Å². The van der Waals surface area contributed by atoms with Crippen molar-refractivity contribution in [1.29, 1.82) is 0 Å². The summed E-state index contributed by atoms with van der Waals surface area (Å²) in [7, 11) is 0.894. The lowest BCUT2D eigenvalue weighted by Gasteiger charge is -2.16. The summed E-state index contributed by atoms with van der Waals surface area (Å²) in [5.74, 6) is 1.08.